The summed E-state index contributed by atoms with van der Waals surface area (Å²) < 4.78 is 10.8. The largest absolute Gasteiger partial charge is 0.424 e. The van der Waals surface area contributed by atoms with E-state index in [1.54, 1.807) is 48.5 Å². The predicted octanol–water partition coefficient (Wildman–Crippen LogP) is 5.27. The van der Waals surface area contributed by atoms with Gasteiger partial charge in [-0.1, -0.05) is 56.2 Å². The summed E-state index contributed by atoms with van der Waals surface area (Å²) in [6, 6.07) is 17.5. The number of hydrogen-bond donors (Lipinski definition) is 0. The van der Waals surface area contributed by atoms with Crippen molar-refractivity contribution in [2.24, 2.45) is 5.41 Å². The monoisotopic (exact) mass is 353 g/mol. The number of ether oxygens (including phenoxy) is 2. The molecule has 0 aromatic heterocycles. The van der Waals surface area contributed by atoms with Crippen LogP contribution in [0.3, 0.4) is 0 Å². The first-order chi connectivity index (χ1) is 12.6. The summed E-state index contributed by atoms with van der Waals surface area (Å²) in [6.07, 6.45) is 2.72. The van der Waals surface area contributed by atoms with E-state index in [1.165, 1.54) is 0 Å². The first-order valence-electron chi connectivity index (χ1n) is 8.87. The minimum absolute atomic E-state index is 0.106. The van der Waals surface area contributed by atoms with Gasteiger partial charge >= 0.3 is 12.2 Å². The summed E-state index contributed by atoms with van der Waals surface area (Å²) in [6.45, 7) is 2.38. The number of rotatable bonds is 4. The molecule has 0 saturated heterocycles. The summed E-state index contributed by atoms with van der Waals surface area (Å²) in [4.78, 5) is 26.4. The first kappa shape index (κ1) is 18.0. The molecule has 5 heteroatoms. The second kappa shape index (κ2) is 8.04. The average molecular weight is 353 g/mol. The maximum Gasteiger partial charge on any atom is 0.424 e. The molecule has 2 amide bonds. The highest BCUT2D eigenvalue weighted by Gasteiger charge is 2.37. The molecule has 0 atom stereocenters. The maximum atomic E-state index is 12.7. The lowest BCUT2D eigenvalue weighted by Gasteiger charge is -2.29. The number of benzene rings is 2. The molecule has 0 N–H and O–H groups in total. The topological polar surface area (TPSA) is 55.8 Å². The Morgan fingerprint density at radius 2 is 1.27 bits per heavy atom. The van der Waals surface area contributed by atoms with Crippen LogP contribution in [0.25, 0.3) is 0 Å². The Labute approximate surface area is 153 Å². The number of imide groups is 1. The summed E-state index contributed by atoms with van der Waals surface area (Å²) in [5, 5.41) is 0. The third-order valence-electron chi connectivity index (χ3n) is 4.69. The van der Waals surface area contributed by atoms with Gasteiger partial charge in [-0.05, 0) is 42.5 Å². The lowest BCUT2D eigenvalue weighted by atomic mass is 9.88. The van der Waals surface area contributed by atoms with E-state index in [0.717, 1.165) is 30.6 Å². The summed E-state index contributed by atoms with van der Waals surface area (Å²) >= 11 is 0. The quantitative estimate of drug-likeness (QED) is 0.752. The molecule has 3 rings (SSSR count). The average Bonchev–Trinajstić information content (AvgIpc) is 3.08. The molecular formula is C21H23NO4. The lowest BCUT2D eigenvalue weighted by Crippen LogP contribution is -2.46. The standard InChI is InChI=1S/C21H23NO4/c1-21(14-8-9-15-21)16-22(19(23)25-17-10-4-2-5-11-17)20(24)26-18-12-6-3-7-13-18/h2-7,10-13H,8-9,14-16H2,1H3. The Balaban J connectivity index is 1.76. The van der Waals surface area contributed by atoms with E-state index in [0.29, 0.717) is 11.5 Å². The summed E-state index contributed by atoms with van der Waals surface area (Å²) in [5.74, 6) is 0.790. The third kappa shape index (κ3) is 4.63. The van der Waals surface area contributed by atoms with Crippen LogP contribution in [0.4, 0.5) is 9.59 Å². The Morgan fingerprint density at radius 3 is 1.69 bits per heavy atom. The molecular weight excluding hydrogens is 330 g/mol. The number of para-hydroxylation sites is 2. The normalized spacial score (nSPS) is 15.3. The Hall–Kier alpha value is -2.82. The van der Waals surface area contributed by atoms with Crippen LogP contribution in [-0.2, 0) is 0 Å². The Bertz CT molecular complexity index is 686. The van der Waals surface area contributed by atoms with Gasteiger partial charge < -0.3 is 9.47 Å². The van der Waals surface area contributed by atoms with Crippen molar-refractivity contribution >= 4 is 12.2 Å². The van der Waals surface area contributed by atoms with Crippen molar-refractivity contribution in [2.75, 3.05) is 6.54 Å². The fraction of sp³-hybridized carbons (Fsp3) is 0.333. The van der Waals surface area contributed by atoms with Crippen LogP contribution in [-0.4, -0.2) is 23.6 Å². The molecule has 0 radical (unpaired) electrons. The molecule has 0 heterocycles. The van der Waals surface area contributed by atoms with Gasteiger partial charge in [0.15, 0.2) is 0 Å². The van der Waals surface area contributed by atoms with Crippen molar-refractivity contribution < 1.29 is 19.1 Å². The van der Waals surface area contributed by atoms with E-state index in [9.17, 15) is 9.59 Å². The van der Waals surface area contributed by atoms with Gasteiger partial charge in [0.05, 0.1) is 0 Å². The van der Waals surface area contributed by atoms with E-state index < -0.39 is 12.2 Å². The lowest BCUT2D eigenvalue weighted by molar-refractivity contribution is 0.111. The van der Waals surface area contributed by atoms with Gasteiger partial charge in [0.1, 0.15) is 11.5 Å². The molecule has 5 nitrogen and oxygen atoms in total. The zero-order valence-corrected chi connectivity index (χ0v) is 14.9. The molecule has 0 spiro atoms. The molecule has 0 aliphatic heterocycles. The van der Waals surface area contributed by atoms with Crippen LogP contribution in [0, 0.1) is 5.41 Å². The zero-order valence-electron chi connectivity index (χ0n) is 14.9. The van der Waals surface area contributed by atoms with E-state index >= 15 is 0 Å². The smallest absolute Gasteiger partial charge is 0.410 e. The van der Waals surface area contributed by atoms with Crippen molar-refractivity contribution in [1.29, 1.82) is 0 Å². The van der Waals surface area contributed by atoms with E-state index in [1.807, 2.05) is 12.1 Å². The van der Waals surface area contributed by atoms with Crippen LogP contribution in [0.5, 0.6) is 11.5 Å². The van der Waals surface area contributed by atoms with Gasteiger partial charge in [-0.25, -0.2) is 14.5 Å². The summed E-state index contributed by atoms with van der Waals surface area (Å²) in [7, 11) is 0. The van der Waals surface area contributed by atoms with Crippen molar-refractivity contribution in [3.05, 3.63) is 60.7 Å². The Kier molecular flexibility index (Phi) is 5.56. The molecule has 1 saturated carbocycles. The first-order valence-corrected chi connectivity index (χ1v) is 8.87. The second-order valence-corrected chi connectivity index (χ2v) is 6.97. The molecule has 136 valence electrons. The molecule has 1 aliphatic carbocycles. The van der Waals surface area contributed by atoms with Gasteiger partial charge in [0.2, 0.25) is 0 Å². The number of carbonyl (C=O) groups is 2. The fourth-order valence-electron chi connectivity index (χ4n) is 3.26. The van der Waals surface area contributed by atoms with Crippen molar-refractivity contribution in [2.45, 2.75) is 32.6 Å². The van der Waals surface area contributed by atoms with Crippen molar-refractivity contribution in [1.82, 2.24) is 4.90 Å². The highest BCUT2D eigenvalue weighted by molar-refractivity contribution is 5.90. The van der Waals surface area contributed by atoms with Crippen LogP contribution in [0.1, 0.15) is 32.6 Å². The predicted molar refractivity (Wildman–Crippen MR) is 98.2 cm³/mol. The number of nitrogens with zero attached hydrogens (tertiary/aromatic N) is 1. The second-order valence-electron chi connectivity index (χ2n) is 6.97. The van der Waals surface area contributed by atoms with Gasteiger partial charge in [0.25, 0.3) is 0 Å². The number of amides is 2. The van der Waals surface area contributed by atoms with Crippen molar-refractivity contribution in [3.8, 4) is 11.5 Å². The third-order valence-corrected chi connectivity index (χ3v) is 4.69. The highest BCUT2D eigenvalue weighted by atomic mass is 16.6. The summed E-state index contributed by atoms with van der Waals surface area (Å²) in [5.41, 5.74) is -0.106. The molecule has 2 aromatic rings. The highest BCUT2D eigenvalue weighted by Crippen LogP contribution is 2.38. The zero-order chi connectivity index (χ0) is 18.4. The van der Waals surface area contributed by atoms with Gasteiger partial charge in [-0.3, -0.25) is 0 Å². The molecule has 1 aliphatic rings. The van der Waals surface area contributed by atoms with E-state index in [4.69, 9.17) is 9.47 Å². The minimum Gasteiger partial charge on any atom is -0.410 e. The molecule has 2 aromatic carbocycles. The van der Waals surface area contributed by atoms with Crippen LogP contribution >= 0.6 is 0 Å². The van der Waals surface area contributed by atoms with Crippen molar-refractivity contribution in [3.63, 3.8) is 0 Å². The number of hydrogen-bond acceptors (Lipinski definition) is 4. The maximum absolute atomic E-state index is 12.7. The SMILES string of the molecule is CC1(CN(C(=O)Oc2ccccc2)C(=O)Oc2ccccc2)CCCC1. The van der Waals surface area contributed by atoms with Gasteiger partial charge in [-0.15, -0.1) is 0 Å². The van der Waals surface area contributed by atoms with Gasteiger partial charge in [-0.2, -0.15) is 0 Å². The molecule has 0 unspecified atom stereocenters. The fourth-order valence-corrected chi connectivity index (χ4v) is 3.26. The molecule has 1 fully saturated rings. The van der Waals surface area contributed by atoms with E-state index in [-0.39, 0.29) is 12.0 Å². The van der Waals surface area contributed by atoms with Crippen LogP contribution in [0.15, 0.2) is 60.7 Å². The van der Waals surface area contributed by atoms with Crippen LogP contribution < -0.4 is 9.47 Å². The molecule has 26 heavy (non-hydrogen) atoms. The number of carbonyl (C=O) groups excluding carboxylic acids is 2. The molecule has 0 bridgehead atoms. The van der Waals surface area contributed by atoms with Gasteiger partial charge in [0, 0.05) is 6.54 Å². The van der Waals surface area contributed by atoms with Crippen LogP contribution in [0.2, 0.25) is 0 Å². The Morgan fingerprint density at radius 1 is 0.846 bits per heavy atom. The minimum atomic E-state index is -0.717. The van der Waals surface area contributed by atoms with E-state index in [2.05, 4.69) is 6.92 Å².